The van der Waals surface area contributed by atoms with E-state index in [0.29, 0.717) is 26.1 Å². The number of nitrogens with zero attached hydrogens (tertiary/aromatic N) is 3. The van der Waals surface area contributed by atoms with Gasteiger partial charge >= 0.3 is 5.97 Å². The van der Waals surface area contributed by atoms with Crippen molar-refractivity contribution in [2.24, 2.45) is 0 Å². The minimum Gasteiger partial charge on any atom is -0.480 e. The molecule has 0 saturated carbocycles. The Morgan fingerprint density at radius 1 is 1.15 bits per heavy atom. The number of aromatic nitrogens is 1. The van der Waals surface area contributed by atoms with Gasteiger partial charge in [-0.3, -0.25) is 19.5 Å². The molecule has 0 radical (unpaired) electrons. The number of amides is 1. The van der Waals surface area contributed by atoms with Crippen molar-refractivity contribution in [2.45, 2.75) is 12.8 Å². The number of pyridine rings is 1. The van der Waals surface area contributed by atoms with E-state index in [1.54, 1.807) is 12.4 Å². The zero-order valence-electron chi connectivity index (χ0n) is 11.4. The summed E-state index contributed by atoms with van der Waals surface area (Å²) in [7, 11) is 0. The molecular weight excluding hydrogens is 258 g/mol. The molecule has 0 unspecified atom stereocenters. The highest BCUT2D eigenvalue weighted by molar-refractivity contribution is 5.78. The smallest absolute Gasteiger partial charge is 0.317 e. The average molecular weight is 277 g/mol. The Kier molecular flexibility index (Phi) is 5.06. The van der Waals surface area contributed by atoms with Crippen LogP contribution in [-0.4, -0.2) is 64.5 Å². The molecule has 2 heterocycles. The second kappa shape index (κ2) is 7.00. The maximum Gasteiger partial charge on any atom is 0.317 e. The van der Waals surface area contributed by atoms with E-state index >= 15 is 0 Å². The van der Waals surface area contributed by atoms with Crippen LogP contribution < -0.4 is 0 Å². The number of carbonyl (C=O) groups is 2. The summed E-state index contributed by atoms with van der Waals surface area (Å²) >= 11 is 0. The standard InChI is InChI=1S/C14H19N3O3/c18-13(10-12-2-4-15-5-3-12)17-7-1-6-16(8-9-17)11-14(19)20/h2-5H,1,6-11H2,(H,19,20). The third-order valence-electron chi connectivity index (χ3n) is 3.40. The summed E-state index contributed by atoms with van der Waals surface area (Å²) in [6.07, 6.45) is 4.55. The molecule has 0 bridgehead atoms. The maximum atomic E-state index is 12.2. The molecule has 20 heavy (non-hydrogen) atoms. The molecule has 1 aliphatic rings. The van der Waals surface area contributed by atoms with Gasteiger partial charge in [-0.2, -0.15) is 0 Å². The van der Waals surface area contributed by atoms with E-state index in [9.17, 15) is 9.59 Å². The molecule has 0 aliphatic carbocycles. The van der Waals surface area contributed by atoms with E-state index in [2.05, 4.69) is 4.98 Å². The lowest BCUT2D eigenvalue weighted by Crippen LogP contribution is -2.37. The predicted octanol–water partition coefficient (Wildman–Crippen LogP) is 0.243. The van der Waals surface area contributed by atoms with E-state index in [1.807, 2.05) is 21.9 Å². The van der Waals surface area contributed by atoms with Gasteiger partial charge in [0.25, 0.3) is 0 Å². The first kappa shape index (κ1) is 14.5. The summed E-state index contributed by atoms with van der Waals surface area (Å²) < 4.78 is 0. The zero-order chi connectivity index (χ0) is 14.4. The van der Waals surface area contributed by atoms with Gasteiger partial charge in [0.2, 0.25) is 5.91 Å². The van der Waals surface area contributed by atoms with Crippen molar-refractivity contribution in [3.8, 4) is 0 Å². The van der Waals surface area contributed by atoms with Gasteiger partial charge in [-0.15, -0.1) is 0 Å². The van der Waals surface area contributed by atoms with E-state index in [0.717, 1.165) is 18.5 Å². The minimum atomic E-state index is -0.818. The third kappa shape index (κ3) is 4.31. The molecule has 1 fully saturated rings. The number of carbonyl (C=O) groups excluding carboxylic acids is 1. The molecule has 108 valence electrons. The normalized spacial score (nSPS) is 16.7. The lowest BCUT2D eigenvalue weighted by atomic mass is 10.2. The molecule has 6 heteroatoms. The molecule has 0 atom stereocenters. The highest BCUT2D eigenvalue weighted by atomic mass is 16.4. The Balaban J connectivity index is 1.86. The second-order valence-electron chi connectivity index (χ2n) is 4.94. The monoisotopic (exact) mass is 277 g/mol. The Morgan fingerprint density at radius 3 is 2.60 bits per heavy atom. The first-order valence-electron chi connectivity index (χ1n) is 6.76. The SMILES string of the molecule is O=C(O)CN1CCCN(C(=O)Cc2ccncc2)CC1. The Bertz CT molecular complexity index is 464. The van der Waals surface area contributed by atoms with Crippen LogP contribution in [0.25, 0.3) is 0 Å². The molecule has 1 N–H and O–H groups in total. The molecule has 0 spiro atoms. The minimum absolute atomic E-state index is 0.0480. The van der Waals surface area contributed by atoms with Crippen LogP contribution in [0.5, 0.6) is 0 Å². The van der Waals surface area contributed by atoms with E-state index in [1.165, 1.54) is 0 Å². The summed E-state index contributed by atoms with van der Waals surface area (Å²) in [5.74, 6) is -0.727. The van der Waals surface area contributed by atoms with E-state index in [4.69, 9.17) is 5.11 Å². The van der Waals surface area contributed by atoms with Gasteiger partial charge in [-0.05, 0) is 24.1 Å². The summed E-state index contributed by atoms with van der Waals surface area (Å²) in [5.41, 5.74) is 0.955. The number of hydrogen-bond acceptors (Lipinski definition) is 4. The van der Waals surface area contributed by atoms with Crippen LogP contribution in [0.4, 0.5) is 0 Å². The highest BCUT2D eigenvalue weighted by Gasteiger charge is 2.20. The van der Waals surface area contributed by atoms with Gasteiger partial charge in [-0.25, -0.2) is 0 Å². The van der Waals surface area contributed by atoms with Crippen molar-refractivity contribution in [2.75, 3.05) is 32.7 Å². The van der Waals surface area contributed by atoms with E-state index < -0.39 is 5.97 Å². The Hall–Kier alpha value is -1.95. The maximum absolute atomic E-state index is 12.2. The lowest BCUT2D eigenvalue weighted by Gasteiger charge is -2.21. The molecule has 1 amide bonds. The van der Waals surface area contributed by atoms with Crippen molar-refractivity contribution in [1.82, 2.24) is 14.8 Å². The quantitative estimate of drug-likeness (QED) is 0.853. The Labute approximate surface area is 118 Å². The van der Waals surface area contributed by atoms with Gasteiger partial charge in [-0.1, -0.05) is 0 Å². The van der Waals surface area contributed by atoms with Crippen molar-refractivity contribution >= 4 is 11.9 Å². The summed E-state index contributed by atoms with van der Waals surface area (Å²) in [5, 5.41) is 8.80. The molecule has 1 saturated heterocycles. The summed E-state index contributed by atoms with van der Waals surface area (Å²) in [6, 6.07) is 3.68. The molecule has 1 aromatic rings. The van der Waals surface area contributed by atoms with Gasteiger partial charge in [0.05, 0.1) is 13.0 Å². The van der Waals surface area contributed by atoms with Crippen LogP contribution in [0.3, 0.4) is 0 Å². The fraction of sp³-hybridized carbons (Fsp3) is 0.500. The van der Waals surface area contributed by atoms with Gasteiger partial charge < -0.3 is 10.0 Å². The van der Waals surface area contributed by atoms with Crippen molar-refractivity contribution in [1.29, 1.82) is 0 Å². The van der Waals surface area contributed by atoms with E-state index in [-0.39, 0.29) is 12.5 Å². The fourth-order valence-corrected chi connectivity index (χ4v) is 2.36. The molecule has 6 nitrogen and oxygen atoms in total. The first-order chi connectivity index (χ1) is 9.65. The van der Waals surface area contributed by atoms with Crippen LogP contribution in [-0.2, 0) is 16.0 Å². The number of hydrogen-bond donors (Lipinski definition) is 1. The lowest BCUT2D eigenvalue weighted by molar-refractivity contribution is -0.138. The number of carboxylic acid groups (broad SMARTS) is 1. The number of aliphatic carboxylic acids is 1. The summed E-state index contributed by atoms with van der Waals surface area (Å²) in [6.45, 7) is 2.68. The second-order valence-corrected chi connectivity index (χ2v) is 4.94. The third-order valence-corrected chi connectivity index (χ3v) is 3.40. The fourth-order valence-electron chi connectivity index (χ4n) is 2.36. The molecule has 2 rings (SSSR count). The van der Waals surface area contributed by atoms with Crippen molar-refractivity contribution in [3.63, 3.8) is 0 Å². The van der Waals surface area contributed by atoms with Gasteiger partial charge in [0.15, 0.2) is 0 Å². The molecular formula is C14H19N3O3. The van der Waals surface area contributed by atoms with Crippen LogP contribution in [0.2, 0.25) is 0 Å². The van der Waals surface area contributed by atoms with Gasteiger partial charge in [0, 0.05) is 38.6 Å². The van der Waals surface area contributed by atoms with Crippen LogP contribution in [0.1, 0.15) is 12.0 Å². The topological polar surface area (TPSA) is 73.7 Å². The molecule has 0 aromatic carbocycles. The van der Waals surface area contributed by atoms with Gasteiger partial charge in [0.1, 0.15) is 0 Å². The highest BCUT2D eigenvalue weighted by Crippen LogP contribution is 2.07. The zero-order valence-corrected chi connectivity index (χ0v) is 11.4. The first-order valence-corrected chi connectivity index (χ1v) is 6.76. The van der Waals surface area contributed by atoms with Crippen molar-refractivity contribution < 1.29 is 14.7 Å². The number of rotatable bonds is 4. The average Bonchev–Trinajstić information content (AvgIpc) is 2.65. The van der Waals surface area contributed by atoms with Crippen LogP contribution in [0, 0.1) is 0 Å². The van der Waals surface area contributed by atoms with Crippen LogP contribution in [0.15, 0.2) is 24.5 Å². The van der Waals surface area contributed by atoms with Crippen LogP contribution >= 0.6 is 0 Å². The van der Waals surface area contributed by atoms with Crippen molar-refractivity contribution in [3.05, 3.63) is 30.1 Å². The Morgan fingerprint density at radius 2 is 1.90 bits per heavy atom. The predicted molar refractivity (Wildman–Crippen MR) is 73.2 cm³/mol. The molecule has 1 aliphatic heterocycles. The summed E-state index contributed by atoms with van der Waals surface area (Å²) in [4.78, 5) is 30.6. The largest absolute Gasteiger partial charge is 0.480 e. The number of carboxylic acids is 1. The molecule has 1 aromatic heterocycles.